The van der Waals surface area contributed by atoms with Crippen LogP contribution in [0.4, 0.5) is 5.69 Å². The van der Waals surface area contributed by atoms with Crippen LogP contribution in [0.5, 0.6) is 11.5 Å². The van der Waals surface area contributed by atoms with Crippen LogP contribution in [-0.4, -0.2) is 37.6 Å². The predicted octanol–water partition coefficient (Wildman–Crippen LogP) is 1.74. The van der Waals surface area contributed by atoms with Gasteiger partial charge in [-0.15, -0.1) is 0 Å². The largest absolute Gasteiger partial charge is 0.494 e. The fourth-order valence-corrected chi connectivity index (χ4v) is 2.12. The van der Waals surface area contributed by atoms with E-state index in [1.54, 1.807) is 36.4 Å². The first kappa shape index (κ1) is 19.8. The molecule has 8 heteroatoms. The van der Waals surface area contributed by atoms with Crippen LogP contribution >= 0.6 is 0 Å². The van der Waals surface area contributed by atoms with E-state index >= 15 is 0 Å². The third-order valence-electron chi connectivity index (χ3n) is 3.31. The predicted molar refractivity (Wildman–Crippen MR) is 97.7 cm³/mol. The summed E-state index contributed by atoms with van der Waals surface area (Å²) in [5.41, 5.74) is 5.92. The van der Waals surface area contributed by atoms with Crippen LogP contribution in [0.2, 0.25) is 0 Å². The van der Waals surface area contributed by atoms with Gasteiger partial charge in [-0.2, -0.15) is 0 Å². The van der Waals surface area contributed by atoms with Crippen molar-refractivity contribution in [2.45, 2.75) is 6.92 Å². The molecule has 0 fully saturated rings. The van der Waals surface area contributed by atoms with Gasteiger partial charge in [-0.25, -0.2) is 4.79 Å². The minimum absolute atomic E-state index is 0.151. The van der Waals surface area contributed by atoms with Gasteiger partial charge in [0.1, 0.15) is 11.5 Å². The Hall–Kier alpha value is -3.55. The molecule has 0 radical (unpaired) electrons. The molecule has 0 unspecified atom stereocenters. The SMILES string of the molecule is CCOc1ccc(NC(=O)COC(=O)COc2ccccc2C(N)=O)cc1. The van der Waals surface area contributed by atoms with Gasteiger partial charge < -0.3 is 25.3 Å². The van der Waals surface area contributed by atoms with Crippen molar-refractivity contribution in [2.75, 3.05) is 25.1 Å². The van der Waals surface area contributed by atoms with Crippen molar-refractivity contribution in [2.24, 2.45) is 5.73 Å². The van der Waals surface area contributed by atoms with Crippen molar-refractivity contribution in [1.29, 1.82) is 0 Å². The van der Waals surface area contributed by atoms with Gasteiger partial charge in [-0.3, -0.25) is 9.59 Å². The molecule has 2 aromatic rings. The Bertz CT molecular complexity index is 804. The molecule has 3 N–H and O–H groups in total. The Morgan fingerprint density at radius 2 is 1.67 bits per heavy atom. The number of hydrogen-bond donors (Lipinski definition) is 2. The second-order valence-electron chi connectivity index (χ2n) is 5.32. The summed E-state index contributed by atoms with van der Waals surface area (Å²) in [6.07, 6.45) is 0. The number of ether oxygens (including phenoxy) is 3. The van der Waals surface area contributed by atoms with E-state index in [2.05, 4.69) is 5.32 Å². The van der Waals surface area contributed by atoms with E-state index in [0.29, 0.717) is 18.0 Å². The highest BCUT2D eigenvalue weighted by atomic mass is 16.6. The Labute approximate surface area is 156 Å². The minimum atomic E-state index is -0.754. The van der Waals surface area contributed by atoms with Gasteiger partial charge in [0.15, 0.2) is 13.2 Å². The van der Waals surface area contributed by atoms with E-state index in [-0.39, 0.29) is 11.3 Å². The van der Waals surface area contributed by atoms with Gasteiger partial charge in [-0.05, 0) is 43.3 Å². The van der Waals surface area contributed by atoms with E-state index in [1.165, 1.54) is 12.1 Å². The standard InChI is InChI=1S/C19H20N2O6/c1-2-25-14-9-7-13(8-10-14)21-17(22)11-27-18(23)12-26-16-6-4-3-5-15(16)19(20)24/h3-10H,2,11-12H2,1H3,(H2,20,24)(H,21,22). The summed E-state index contributed by atoms with van der Waals surface area (Å²) >= 11 is 0. The fraction of sp³-hybridized carbons (Fsp3) is 0.211. The van der Waals surface area contributed by atoms with Crippen molar-refractivity contribution in [3.63, 3.8) is 0 Å². The van der Waals surface area contributed by atoms with E-state index in [9.17, 15) is 14.4 Å². The van der Waals surface area contributed by atoms with Gasteiger partial charge >= 0.3 is 5.97 Å². The van der Waals surface area contributed by atoms with Crippen molar-refractivity contribution >= 4 is 23.5 Å². The first-order chi connectivity index (χ1) is 13.0. The maximum Gasteiger partial charge on any atom is 0.344 e. The van der Waals surface area contributed by atoms with Gasteiger partial charge in [0.2, 0.25) is 0 Å². The second kappa shape index (κ2) is 9.81. The summed E-state index contributed by atoms with van der Waals surface area (Å²) in [4.78, 5) is 34.8. The third-order valence-corrected chi connectivity index (χ3v) is 3.31. The lowest BCUT2D eigenvalue weighted by Gasteiger charge is -2.10. The zero-order valence-corrected chi connectivity index (χ0v) is 14.8. The minimum Gasteiger partial charge on any atom is -0.494 e. The highest BCUT2D eigenvalue weighted by molar-refractivity contribution is 5.95. The quantitative estimate of drug-likeness (QED) is 0.648. The summed E-state index contributed by atoms with van der Waals surface area (Å²) in [6.45, 7) is 1.50. The molecule has 0 saturated heterocycles. The molecule has 0 saturated carbocycles. The molecule has 142 valence electrons. The molecule has 0 aliphatic carbocycles. The molecule has 0 spiro atoms. The number of amides is 2. The Kier molecular flexibility index (Phi) is 7.18. The molecular formula is C19H20N2O6. The number of nitrogens with one attached hydrogen (secondary N) is 1. The number of esters is 1. The number of nitrogens with two attached hydrogens (primary N) is 1. The van der Waals surface area contributed by atoms with Crippen molar-refractivity contribution in [3.8, 4) is 11.5 Å². The molecule has 8 nitrogen and oxygen atoms in total. The van der Waals surface area contributed by atoms with E-state index in [4.69, 9.17) is 19.9 Å². The fourth-order valence-electron chi connectivity index (χ4n) is 2.12. The van der Waals surface area contributed by atoms with E-state index < -0.39 is 31.0 Å². The summed E-state index contributed by atoms with van der Waals surface area (Å²) in [5, 5.41) is 2.59. The molecule has 2 aromatic carbocycles. The average Bonchev–Trinajstić information content (AvgIpc) is 2.66. The Morgan fingerprint density at radius 1 is 0.963 bits per heavy atom. The molecule has 0 atom stereocenters. The van der Waals surface area contributed by atoms with Gasteiger partial charge in [0, 0.05) is 5.69 Å². The van der Waals surface area contributed by atoms with Gasteiger partial charge in [-0.1, -0.05) is 12.1 Å². The lowest BCUT2D eigenvalue weighted by Crippen LogP contribution is -2.24. The maximum atomic E-state index is 11.8. The highest BCUT2D eigenvalue weighted by Crippen LogP contribution is 2.17. The maximum absolute atomic E-state index is 11.8. The van der Waals surface area contributed by atoms with Gasteiger partial charge in [0.05, 0.1) is 12.2 Å². The van der Waals surface area contributed by atoms with Gasteiger partial charge in [0.25, 0.3) is 11.8 Å². The number of anilines is 1. The van der Waals surface area contributed by atoms with Crippen molar-refractivity contribution < 1.29 is 28.6 Å². The van der Waals surface area contributed by atoms with Crippen LogP contribution < -0.4 is 20.5 Å². The molecule has 2 rings (SSSR count). The Morgan fingerprint density at radius 3 is 2.33 bits per heavy atom. The smallest absolute Gasteiger partial charge is 0.344 e. The van der Waals surface area contributed by atoms with Crippen LogP contribution in [0, 0.1) is 0 Å². The molecule has 2 amide bonds. The number of hydrogen-bond acceptors (Lipinski definition) is 6. The van der Waals surface area contributed by atoms with E-state index in [1.807, 2.05) is 6.92 Å². The topological polar surface area (TPSA) is 117 Å². The number of benzene rings is 2. The molecule has 0 aromatic heterocycles. The molecule has 0 aliphatic rings. The normalized spacial score (nSPS) is 9.96. The lowest BCUT2D eigenvalue weighted by molar-refractivity contribution is -0.149. The van der Waals surface area contributed by atoms with Crippen molar-refractivity contribution in [1.82, 2.24) is 0 Å². The molecule has 0 heterocycles. The van der Waals surface area contributed by atoms with Crippen LogP contribution in [0.3, 0.4) is 0 Å². The third kappa shape index (κ3) is 6.35. The molecule has 0 aliphatic heterocycles. The molecule has 0 bridgehead atoms. The van der Waals surface area contributed by atoms with E-state index in [0.717, 1.165) is 0 Å². The summed E-state index contributed by atoms with van der Waals surface area (Å²) in [7, 11) is 0. The number of carbonyl (C=O) groups is 3. The summed E-state index contributed by atoms with van der Waals surface area (Å²) in [6, 6.07) is 13.0. The second-order valence-corrected chi connectivity index (χ2v) is 5.32. The van der Waals surface area contributed by atoms with Crippen LogP contribution in [0.25, 0.3) is 0 Å². The van der Waals surface area contributed by atoms with Crippen LogP contribution in [0.1, 0.15) is 17.3 Å². The Balaban J connectivity index is 1.76. The zero-order valence-electron chi connectivity index (χ0n) is 14.8. The zero-order chi connectivity index (χ0) is 19.6. The average molecular weight is 372 g/mol. The number of para-hydroxylation sites is 1. The molecule has 27 heavy (non-hydrogen) atoms. The first-order valence-corrected chi connectivity index (χ1v) is 8.19. The highest BCUT2D eigenvalue weighted by Gasteiger charge is 2.12. The monoisotopic (exact) mass is 372 g/mol. The lowest BCUT2D eigenvalue weighted by atomic mass is 10.2. The van der Waals surface area contributed by atoms with Crippen LogP contribution in [-0.2, 0) is 14.3 Å². The number of carbonyl (C=O) groups excluding carboxylic acids is 3. The van der Waals surface area contributed by atoms with Crippen LogP contribution in [0.15, 0.2) is 48.5 Å². The number of rotatable bonds is 9. The molecular weight excluding hydrogens is 352 g/mol. The summed E-state index contributed by atoms with van der Waals surface area (Å²) in [5.74, 6) is -1.06. The number of primary amides is 1. The van der Waals surface area contributed by atoms with Crippen molar-refractivity contribution in [3.05, 3.63) is 54.1 Å². The first-order valence-electron chi connectivity index (χ1n) is 8.19. The summed E-state index contributed by atoms with van der Waals surface area (Å²) < 4.78 is 15.4.